The molecule has 2 aromatic rings. The van der Waals surface area contributed by atoms with E-state index in [1.165, 1.54) is 21.3 Å². The minimum absolute atomic E-state index is 0.0516. The predicted octanol–water partition coefficient (Wildman–Crippen LogP) is 1.65. The van der Waals surface area contributed by atoms with Gasteiger partial charge in [-0.15, -0.1) is 0 Å². The highest BCUT2D eigenvalue weighted by Gasteiger charge is 2.30. The lowest BCUT2D eigenvalue weighted by Gasteiger charge is -2.30. The molecule has 12 heteroatoms. The van der Waals surface area contributed by atoms with Gasteiger partial charge in [0.15, 0.2) is 0 Å². The Bertz CT molecular complexity index is 1130. The number of fused-ring (bicyclic) bond motifs is 1. The van der Waals surface area contributed by atoms with E-state index in [-0.39, 0.29) is 17.6 Å². The third-order valence-electron chi connectivity index (χ3n) is 6.03. The topological polar surface area (TPSA) is 117 Å². The fourth-order valence-corrected chi connectivity index (χ4v) is 5.26. The number of aliphatic hydroxyl groups is 1. The van der Waals surface area contributed by atoms with Gasteiger partial charge in [0.2, 0.25) is 16.0 Å². The Labute approximate surface area is 178 Å². The molecule has 1 aliphatic heterocycles. The van der Waals surface area contributed by atoms with E-state index in [1.54, 1.807) is 0 Å². The van der Waals surface area contributed by atoms with Gasteiger partial charge in [0.05, 0.1) is 17.9 Å². The van der Waals surface area contributed by atoms with Crippen LogP contribution < -0.4 is 10.9 Å². The molecule has 0 amide bonds. The van der Waals surface area contributed by atoms with Crippen LogP contribution in [0, 0.1) is 0 Å². The Balaban J connectivity index is 1.65. The van der Waals surface area contributed by atoms with Crippen molar-refractivity contribution in [3.8, 4) is 0 Å². The number of aliphatic hydroxyl groups excluding tert-OH is 1. The molecule has 1 aliphatic carbocycles. The van der Waals surface area contributed by atoms with Gasteiger partial charge in [-0.3, -0.25) is 9.36 Å². The molecule has 2 N–H and O–H groups in total. The van der Waals surface area contributed by atoms with Gasteiger partial charge in [-0.25, -0.2) is 26.5 Å². The van der Waals surface area contributed by atoms with Crippen molar-refractivity contribution in [2.75, 3.05) is 24.7 Å². The number of rotatable bonds is 5. The maximum atomic E-state index is 13.4. The number of anilines is 1. The van der Waals surface area contributed by atoms with Crippen LogP contribution in [0.5, 0.6) is 0 Å². The molecule has 0 aromatic carbocycles. The average molecular weight is 458 g/mol. The van der Waals surface area contributed by atoms with Gasteiger partial charge in [-0.1, -0.05) is 0 Å². The molecule has 0 unspecified atom stereocenters. The van der Waals surface area contributed by atoms with Gasteiger partial charge in [-0.05, 0) is 38.2 Å². The minimum atomic E-state index is -3.23. The second-order valence-corrected chi connectivity index (χ2v) is 10.2. The van der Waals surface area contributed by atoms with Crippen LogP contribution in [-0.4, -0.2) is 63.9 Å². The molecule has 0 spiro atoms. The molecule has 9 nitrogen and oxygen atoms in total. The zero-order chi connectivity index (χ0) is 22.3. The summed E-state index contributed by atoms with van der Waals surface area (Å²) in [5.41, 5.74) is -1.15. The Morgan fingerprint density at radius 2 is 1.94 bits per heavy atom. The average Bonchev–Trinajstić information content (AvgIpc) is 3.12. The van der Waals surface area contributed by atoms with Gasteiger partial charge < -0.3 is 10.4 Å². The van der Waals surface area contributed by atoms with Crippen LogP contribution in [-0.2, 0) is 10.0 Å². The van der Waals surface area contributed by atoms with Gasteiger partial charge in [0.25, 0.3) is 12.0 Å². The number of nitrogens with one attached hydrogen (secondary N) is 1. The Morgan fingerprint density at radius 3 is 2.52 bits per heavy atom. The summed E-state index contributed by atoms with van der Waals surface area (Å²) >= 11 is 0. The number of hydrogen-bond acceptors (Lipinski definition) is 7. The van der Waals surface area contributed by atoms with E-state index in [0.29, 0.717) is 50.6 Å². The third kappa shape index (κ3) is 4.55. The highest BCUT2D eigenvalue weighted by Crippen LogP contribution is 2.32. The molecular weight excluding hydrogens is 432 g/mol. The maximum Gasteiger partial charge on any atom is 0.269 e. The minimum Gasteiger partial charge on any atom is -0.393 e. The summed E-state index contributed by atoms with van der Waals surface area (Å²) in [5.74, 6) is 0.252. The van der Waals surface area contributed by atoms with E-state index in [4.69, 9.17) is 0 Å². The van der Waals surface area contributed by atoms with Crippen molar-refractivity contribution in [3.05, 3.63) is 28.2 Å². The Hall–Kier alpha value is -2.18. The summed E-state index contributed by atoms with van der Waals surface area (Å²) < 4.78 is 52.9. The maximum absolute atomic E-state index is 13.4. The summed E-state index contributed by atoms with van der Waals surface area (Å²) in [4.78, 5) is 21.5. The lowest BCUT2D eigenvalue weighted by molar-refractivity contribution is 0.148. The van der Waals surface area contributed by atoms with Gasteiger partial charge in [0, 0.05) is 36.8 Å². The van der Waals surface area contributed by atoms with Crippen LogP contribution in [0.4, 0.5) is 14.7 Å². The number of halogens is 2. The van der Waals surface area contributed by atoms with E-state index in [0.717, 1.165) is 6.07 Å². The van der Waals surface area contributed by atoms with Crippen molar-refractivity contribution in [3.63, 3.8) is 0 Å². The van der Waals surface area contributed by atoms with Gasteiger partial charge >= 0.3 is 0 Å². The first-order valence-electron chi connectivity index (χ1n) is 10.2. The first-order chi connectivity index (χ1) is 14.6. The van der Waals surface area contributed by atoms with Crippen LogP contribution in [0.1, 0.15) is 50.1 Å². The molecule has 2 aromatic heterocycles. The summed E-state index contributed by atoms with van der Waals surface area (Å²) in [6.45, 7) is 0.763. The number of piperidine rings is 1. The quantitative estimate of drug-likeness (QED) is 0.701. The van der Waals surface area contributed by atoms with Crippen LogP contribution >= 0.6 is 0 Å². The second-order valence-electron chi connectivity index (χ2n) is 8.25. The fraction of sp³-hybridized carbons (Fsp3) is 0.632. The number of pyridine rings is 1. The molecule has 170 valence electrons. The van der Waals surface area contributed by atoms with Crippen molar-refractivity contribution in [2.45, 2.75) is 56.7 Å². The van der Waals surface area contributed by atoms with Crippen LogP contribution in [0.3, 0.4) is 0 Å². The Morgan fingerprint density at radius 1 is 1.23 bits per heavy atom. The summed E-state index contributed by atoms with van der Waals surface area (Å²) in [7, 11) is -3.23. The smallest absolute Gasteiger partial charge is 0.269 e. The highest BCUT2D eigenvalue weighted by molar-refractivity contribution is 7.88. The largest absolute Gasteiger partial charge is 0.393 e. The zero-order valence-electron chi connectivity index (χ0n) is 17.0. The van der Waals surface area contributed by atoms with E-state index >= 15 is 0 Å². The molecule has 4 rings (SSSR count). The number of nitrogens with zero attached hydrogens (tertiary/aromatic N) is 4. The van der Waals surface area contributed by atoms with Crippen LogP contribution in [0.15, 0.2) is 17.1 Å². The number of hydrogen-bond donors (Lipinski definition) is 2. The molecule has 2 atom stereocenters. The molecule has 1 saturated carbocycles. The van der Waals surface area contributed by atoms with E-state index in [2.05, 4.69) is 15.3 Å². The molecule has 0 bridgehead atoms. The molecule has 1 saturated heterocycles. The van der Waals surface area contributed by atoms with Crippen LogP contribution in [0.2, 0.25) is 0 Å². The number of sulfonamides is 1. The monoisotopic (exact) mass is 457 g/mol. The van der Waals surface area contributed by atoms with E-state index in [1.807, 2.05) is 0 Å². The zero-order valence-corrected chi connectivity index (χ0v) is 17.9. The van der Waals surface area contributed by atoms with E-state index < -0.39 is 39.7 Å². The van der Waals surface area contributed by atoms with E-state index in [9.17, 15) is 27.1 Å². The SMILES string of the molecule is CS(=O)(=O)N1CCC(Nc2ncc3cc(C(F)F)c(=O)n([C@@H]4CC[C@@H](O)C4)c3n2)CC1. The molecule has 0 radical (unpaired) electrons. The lowest BCUT2D eigenvalue weighted by Crippen LogP contribution is -2.42. The number of aromatic nitrogens is 3. The second kappa shape index (κ2) is 8.40. The highest BCUT2D eigenvalue weighted by atomic mass is 32.2. The molecule has 3 heterocycles. The first kappa shape index (κ1) is 22.0. The van der Waals surface area contributed by atoms with Crippen molar-refractivity contribution < 1.29 is 22.3 Å². The van der Waals surface area contributed by atoms with Crippen LogP contribution in [0.25, 0.3) is 11.0 Å². The summed E-state index contributed by atoms with van der Waals surface area (Å²) in [5, 5.41) is 13.4. The summed E-state index contributed by atoms with van der Waals surface area (Å²) in [6, 6.07) is 0.659. The molecule has 2 fully saturated rings. The molecule has 31 heavy (non-hydrogen) atoms. The van der Waals surface area contributed by atoms with Crippen molar-refractivity contribution >= 4 is 27.0 Å². The molecular formula is C19H25F2N5O4S. The van der Waals surface area contributed by atoms with Crippen molar-refractivity contribution in [2.24, 2.45) is 0 Å². The number of alkyl halides is 2. The van der Waals surface area contributed by atoms with Crippen molar-refractivity contribution in [1.29, 1.82) is 0 Å². The van der Waals surface area contributed by atoms with Gasteiger partial charge in [-0.2, -0.15) is 4.98 Å². The third-order valence-corrected chi connectivity index (χ3v) is 7.34. The Kier molecular flexibility index (Phi) is 5.97. The van der Waals surface area contributed by atoms with Crippen molar-refractivity contribution in [1.82, 2.24) is 18.8 Å². The summed E-state index contributed by atoms with van der Waals surface area (Å²) in [6.07, 6.45) is 1.52. The molecule has 2 aliphatic rings. The standard InChI is InChI=1S/C19H25F2N5O4S/c1-31(29,30)25-6-4-12(5-7-25)23-19-22-10-11-8-15(16(20)21)18(28)26(17(11)24-19)13-2-3-14(27)9-13/h8,10,12-14,16,27H,2-7,9H2,1H3,(H,22,23,24)/t13-,14-/m1/s1. The van der Waals surface area contributed by atoms with Gasteiger partial charge in [0.1, 0.15) is 5.65 Å². The first-order valence-corrected chi connectivity index (χ1v) is 12.1. The predicted molar refractivity (Wildman–Crippen MR) is 111 cm³/mol. The fourth-order valence-electron chi connectivity index (χ4n) is 4.39. The normalized spacial score (nSPS) is 23.6. The lowest BCUT2D eigenvalue weighted by atomic mass is 10.1.